The number of rotatable bonds is 5. The summed E-state index contributed by atoms with van der Waals surface area (Å²) in [5, 5.41) is 0. The second kappa shape index (κ2) is 6.14. The van der Waals surface area contributed by atoms with E-state index < -0.39 is 10.0 Å². The summed E-state index contributed by atoms with van der Waals surface area (Å²) in [6.07, 6.45) is 1.75. The Hall–Kier alpha value is -2.18. The highest BCUT2D eigenvalue weighted by Gasteiger charge is 2.22. The molecule has 0 spiro atoms. The molecular formula is C17H19N3O2S. The normalized spacial score (nSPS) is 12.1. The van der Waals surface area contributed by atoms with Gasteiger partial charge in [-0.2, -0.15) is 4.31 Å². The summed E-state index contributed by atoms with van der Waals surface area (Å²) in [5.41, 5.74) is 2.68. The van der Waals surface area contributed by atoms with E-state index in [9.17, 15) is 8.42 Å². The maximum absolute atomic E-state index is 12.7. The topological polar surface area (TPSA) is 55.2 Å². The summed E-state index contributed by atoms with van der Waals surface area (Å²) in [6.45, 7) is 2.75. The number of benzene rings is 2. The molecule has 0 radical (unpaired) electrons. The first-order valence-corrected chi connectivity index (χ1v) is 8.86. The van der Waals surface area contributed by atoms with Gasteiger partial charge in [-0.1, -0.05) is 30.3 Å². The number of aromatic nitrogens is 2. The average Bonchev–Trinajstić information content (AvgIpc) is 2.96. The number of hydrogen-bond donors (Lipinski definition) is 0. The summed E-state index contributed by atoms with van der Waals surface area (Å²) in [7, 11) is -1.86. The Morgan fingerprint density at radius 3 is 2.57 bits per heavy atom. The zero-order chi connectivity index (χ0) is 16.4. The molecule has 0 aliphatic carbocycles. The SMILES string of the molecule is Cc1ccccc1S(=O)(=O)N(C)CCn1cnc2ccccc21. The minimum atomic E-state index is -3.48. The van der Waals surface area contributed by atoms with Crippen LogP contribution in [0.4, 0.5) is 0 Å². The number of fused-ring (bicyclic) bond motifs is 1. The minimum absolute atomic E-state index is 0.359. The molecule has 23 heavy (non-hydrogen) atoms. The molecule has 1 heterocycles. The molecule has 0 atom stereocenters. The third kappa shape index (κ3) is 3.00. The first-order valence-electron chi connectivity index (χ1n) is 7.42. The van der Waals surface area contributed by atoms with Crippen molar-refractivity contribution in [3.05, 3.63) is 60.4 Å². The van der Waals surface area contributed by atoms with E-state index in [0.29, 0.717) is 18.0 Å². The molecule has 6 heteroatoms. The lowest BCUT2D eigenvalue weighted by Crippen LogP contribution is -2.30. The van der Waals surface area contributed by atoms with Crippen LogP contribution < -0.4 is 0 Å². The molecule has 120 valence electrons. The smallest absolute Gasteiger partial charge is 0.243 e. The minimum Gasteiger partial charge on any atom is -0.329 e. The molecular weight excluding hydrogens is 310 g/mol. The van der Waals surface area contributed by atoms with Gasteiger partial charge < -0.3 is 4.57 Å². The Morgan fingerprint density at radius 2 is 1.78 bits per heavy atom. The lowest BCUT2D eigenvalue weighted by molar-refractivity contribution is 0.448. The van der Waals surface area contributed by atoms with Crippen molar-refractivity contribution >= 4 is 21.1 Å². The van der Waals surface area contributed by atoms with Crippen molar-refractivity contribution in [3.63, 3.8) is 0 Å². The number of likely N-dealkylation sites (N-methyl/N-ethyl adjacent to an activating group) is 1. The number of para-hydroxylation sites is 2. The van der Waals surface area contributed by atoms with E-state index in [4.69, 9.17) is 0 Å². The largest absolute Gasteiger partial charge is 0.329 e. The number of nitrogens with zero attached hydrogens (tertiary/aromatic N) is 3. The fourth-order valence-electron chi connectivity index (χ4n) is 2.57. The molecule has 5 nitrogen and oxygen atoms in total. The molecule has 3 rings (SSSR count). The van der Waals surface area contributed by atoms with E-state index in [1.807, 2.05) is 47.9 Å². The Morgan fingerprint density at radius 1 is 1.09 bits per heavy atom. The Balaban J connectivity index is 1.79. The standard InChI is InChI=1S/C17H19N3O2S/c1-14-7-3-6-10-17(14)23(21,22)19(2)11-12-20-13-18-15-8-4-5-9-16(15)20/h3-10,13H,11-12H2,1-2H3. The van der Waals surface area contributed by atoms with Crippen molar-refractivity contribution in [2.45, 2.75) is 18.4 Å². The van der Waals surface area contributed by atoms with Gasteiger partial charge in [0.05, 0.1) is 22.3 Å². The van der Waals surface area contributed by atoms with Crippen LogP contribution in [-0.2, 0) is 16.6 Å². The fourth-order valence-corrected chi connectivity index (χ4v) is 3.95. The summed E-state index contributed by atoms with van der Waals surface area (Å²) >= 11 is 0. The molecule has 0 aliphatic heterocycles. The van der Waals surface area contributed by atoms with Gasteiger partial charge in [0.1, 0.15) is 0 Å². The third-order valence-corrected chi connectivity index (χ3v) is 5.98. The van der Waals surface area contributed by atoms with Gasteiger partial charge in [-0.3, -0.25) is 0 Å². The lowest BCUT2D eigenvalue weighted by atomic mass is 10.2. The van der Waals surface area contributed by atoms with Gasteiger partial charge in [0, 0.05) is 20.1 Å². The van der Waals surface area contributed by atoms with Crippen LogP contribution >= 0.6 is 0 Å². The number of imidazole rings is 1. The number of sulfonamides is 1. The maximum atomic E-state index is 12.7. The van der Waals surface area contributed by atoms with Gasteiger partial charge >= 0.3 is 0 Å². The summed E-state index contributed by atoms with van der Waals surface area (Å²) in [6, 6.07) is 14.9. The van der Waals surface area contributed by atoms with E-state index in [2.05, 4.69) is 4.98 Å². The van der Waals surface area contributed by atoms with Gasteiger partial charge in [0.25, 0.3) is 0 Å². The van der Waals surface area contributed by atoms with Crippen LogP contribution in [0.1, 0.15) is 5.56 Å². The van der Waals surface area contributed by atoms with E-state index in [0.717, 1.165) is 16.6 Å². The van der Waals surface area contributed by atoms with Crippen LogP contribution in [-0.4, -0.2) is 35.9 Å². The molecule has 0 saturated carbocycles. The highest BCUT2D eigenvalue weighted by atomic mass is 32.2. The van der Waals surface area contributed by atoms with Crippen molar-refractivity contribution in [1.82, 2.24) is 13.9 Å². The van der Waals surface area contributed by atoms with Crippen LogP contribution in [0.3, 0.4) is 0 Å². The predicted octanol–water partition coefficient (Wildman–Crippen LogP) is 2.67. The lowest BCUT2D eigenvalue weighted by Gasteiger charge is -2.18. The van der Waals surface area contributed by atoms with Crippen molar-refractivity contribution in [1.29, 1.82) is 0 Å². The van der Waals surface area contributed by atoms with Crippen LogP contribution in [0.15, 0.2) is 59.8 Å². The molecule has 0 amide bonds. The molecule has 0 N–H and O–H groups in total. The highest BCUT2D eigenvalue weighted by molar-refractivity contribution is 7.89. The van der Waals surface area contributed by atoms with E-state index in [1.165, 1.54) is 4.31 Å². The van der Waals surface area contributed by atoms with E-state index >= 15 is 0 Å². The fraction of sp³-hybridized carbons (Fsp3) is 0.235. The molecule has 0 saturated heterocycles. The average molecular weight is 329 g/mol. The van der Waals surface area contributed by atoms with Crippen molar-refractivity contribution in [3.8, 4) is 0 Å². The van der Waals surface area contributed by atoms with Gasteiger partial charge in [-0.15, -0.1) is 0 Å². The number of aryl methyl sites for hydroxylation is 1. The van der Waals surface area contributed by atoms with E-state index in [-0.39, 0.29) is 0 Å². The molecule has 0 unspecified atom stereocenters. The van der Waals surface area contributed by atoms with Gasteiger partial charge in [-0.05, 0) is 30.7 Å². The molecule has 0 bridgehead atoms. The Labute approximate surface area is 136 Å². The zero-order valence-corrected chi connectivity index (χ0v) is 14.0. The van der Waals surface area contributed by atoms with Crippen LogP contribution in [0, 0.1) is 6.92 Å². The molecule has 2 aromatic carbocycles. The first kappa shape index (κ1) is 15.7. The molecule has 3 aromatic rings. The van der Waals surface area contributed by atoms with Crippen molar-refractivity contribution < 1.29 is 8.42 Å². The first-order chi connectivity index (χ1) is 11.0. The quantitative estimate of drug-likeness (QED) is 0.723. The van der Waals surface area contributed by atoms with Crippen LogP contribution in [0.25, 0.3) is 11.0 Å². The Kier molecular flexibility index (Phi) is 4.19. The summed E-state index contributed by atoms with van der Waals surface area (Å²) in [4.78, 5) is 4.69. The zero-order valence-electron chi connectivity index (χ0n) is 13.2. The van der Waals surface area contributed by atoms with Gasteiger partial charge in [-0.25, -0.2) is 13.4 Å². The second-order valence-electron chi connectivity index (χ2n) is 5.52. The monoisotopic (exact) mass is 329 g/mol. The predicted molar refractivity (Wildman–Crippen MR) is 90.7 cm³/mol. The van der Waals surface area contributed by atoms with Gasteiger partial charge in [0.15, 0.2) is 0 Å². The number of hydrogen-bond acceptors (Lipinski definition) is 3. The molecule has 0 aliphatic rings. The van der Waals surface area contributed by atoms with Crippen LogP contribution in [0.2, 0.25) is 0 Å². The molecule has 0 fully saturated rings. The van der Waals surface area contributed by atoms with E-state index in [1.54, 1.807) is 25.5 Å². The maximum Gasteiger partial charge on any atom is 0.243 e. The molecule has 1 aromatic heterocycles. The van der Waals surface area contributed by atoms with Gasteiger partial charge in [0.2, 0.25) is 10.0 Å². The summed E-state index contributed by atoms with van der Waals surface area (Å²) in [5.74, 6) is 0. The Bertz CT molecular complexity index is 932. The van der Waals surface area contributed by atoms with Crippen molar-refractivity contribution in [2.24, 2.45) is 0 Å². The summed E-state index contributed by atoms with van der Waals surface area (Å²) < 4.78 is 28.7. The second-order valence-corrected chi connectivity index (χ2v) is 7.53. The van der Waals surface area contributed by atoms with Crippen LogP contribution in [0.5, 0.6) is 0 Å². The van der Waals surface area contributed by atoms with Crippen molar-refractivity contribution in [2.75, 3.05) is 13.6 Å². The highest BCUT2D eigenvalue weighted by Crippen LogP contribution is 2.19. The third-order valence-electron chi connectivity index (χ3n) is 3.96.